The number of rotatable bonds is 3. The Balaban J connectivity index is 2.52. The lowest BCUT2D eigenvalue weighted by Crippen LogP contribution is -2.15. The number of nitrogens with zero attached hydrogens (tertiary/aromatic N) is 1. The fourth-order valence-corrected chi connectivity index (χ4v) is 1.94. The molecule has 80 valence electrons. The molecule has 0 saturated heterocycles. The number of aromatic nitrogens is 1. The van der Waals surface area contributed by atoms with Crippen molar-refractivity contribution in [3.05, 3.63) is 36.0 Å². The molecule has 15 heavy (non-hydrogen) atoms. The van der Waals surface area contributed by atoms with Crippen LogP contribution in [0.1, 0.15) is 11.6 Å². The van der Waals surface area contributed by atoms with Crippen molar-refractivity contribution in [3.8, 4) is 0 Å². The molecule has 0 amide bonds. The SMILES string of the molecule is COCC(N)c1cn(C)c2ccccc12. The molecule has 0 radical (unpaired) electrons. The summed E-state index contributed by atoms with van der Waals surface area (Å²) < 4.78 is 7.18. The van der Waals surface area contributed by atoms with E-state index >= 15 is 0 Å². The van der Waals surface area contributed by atoms with Gasteiger partial charge in [-0.3, -0.25) is 0 Å². The van der Waals surface area contributed by atoms with Crippen LogP contribution in [0.15, 0.2) is 30.5 Å². The van der Waals surface area contributed by atoms with Gasteiger partial charge in [0.25, 0.3) is 0 Å². The predicted octanol–water partition coefficient (Wildman–Crippen LogP) is 1.82. The topological polar surface area (TPSA) is 40.2 Å². The Morgan fingerprint density at radius 3 is 2.87 bits per heavy atom. The number of aryl methyl sites for hydroxylation is 1. The molecule has 0 aliphatic carbocycles. The fourth-order valence-electron chi connectivity index (χ4n) is 1.94. The number of ether oxygens (including phenoxy) is 1. The van der Waals surface area contributed by atoms with E-state index < -0.39 is 0 Å². The second kappa shape index (κ2) is 4.04. The molecular weight excluding hydrogens is 188 g/mol. The third-order valence-corrected chi connectivity index (χ3v) is 2.67. The van der Waals surface area contributed by atoms with Crippen molar-refractivity contribution in [2.75, 3.05) is 13.7 Å². The van der Waals surface area contributed by atoms with Crippen LogP contribution in [0, 0.1) is 0 Å². The summed E-state index contributed by atoms with van der Waals surface area (Å²) >= 11 is 0. The minimum Gasteiger partial charge on any atom is -0.383 e. The molecule has 1 unspecified atom stereocenters. The van der Waals surface area contributed by atoms with Gasteiger partial charge < -0.3 is 15.0 Å². The first-order chi connectivity index (χ1) is 7.24. The van der Waals surface area contributed by atoms with Crippen LogP contribution in [0.2, 0.25) is 0 Å². The van der Waals surface area contributed by atoms with Crippen molar-refractivity contribution in [1.29, 1.82) is 0 Å². The largest absolute Gasteiger partial charge is 0.383 e. The lowest BCUT2D eigenvalue weighted by molar-refractivity contribution is 0.181. The molecule has 1 atom stereocenters. The number of methoxy groups -OCH3 is 1. The van der Waals surface area contributed by atoms with Crippen molar-refractivity contribution >= 4 is 10.9 Å². The van der Waals surface area contributed by atoms with Crippen molar-refractivity contribution < 1.29 is 4.74 Å². The number of benzene rings is 1. The normalized spacial score (nSPS) is 13.3. The van der Waals surface area contributed by atoms with Crippen LogP contribution >= 0.6 is 0 Å². The van der Waals surface area contributed by atoms with E-state index in [1.54, 1.807) is 7.11 Å². The molecule has 2 N–H and O–H groups in total. The van der Waals surface area contributed by atoms with Crippen LogP contribution in [-0.4, -0.2) is 18.3 Å². The lowest BCUT2D eigenvalue weighted by Gasteiger charge is -2.08. The van der Waals surface area contributed by atoms with Crippen molar-refractivity contribution in [1.82, 2.24) is 4.57 Å². The van der Waals surface area contributed by atoms with Crippen LogP contribution in [-0.2, 0) is 11.8 Å². The molecule has 0 fully saturated rings. The zero-order valence-electron chi connectivity index (χ0n) is 9.10. The van der Waals surface area contributed by atoms with E-state index in [4.69, 9.17) is 10.5 Å². The van der Waals surface area contributed by atoms with Crippen LogP contribution in [0.25, 0.3) is 10.9 Å². The molecule has 3 heteroatoms. The van der Waals surface area contributed by atoms with E-state index in [1.165, 1.54) is 10.9 Å². The quantitative estimate of drug-likeness (QED) is 0.828. The lowest BCUT2D eigenvalue weighted by atomic mass is 10.1. The summed E-state index contributed by atoms with van der Waals surface area (Å²) in [4.78, 5) is 0. The molecule has 1 aromatic carbocycles. The number of hydrogen-bond donors (Lipinski definition) is 1. The van der Waals surface area contributed by atoms with Gasteiger partial charge in [-0.1, -0.05) is 18.2 Å². The van der Waals surface area contributed by atoms with Gasteiger partial charge in [0.2, 0.25) is 0 Å². The number of fused-ring (bicyclic) bond motifs is 1. The average molecular weight is 204 g/mol. The molecule has 0 saturated carbocycles. The third kappa shape index (κ3) is 1.76. The van der Waals surface area contributed by atoms with E-state index in [0.29, 0.717) is 6.61 Å². The van der Waals surface area contributed by atoms with E-state index in [0.717, 1.165) is 5.56 Å². The second-order valence-corrected chi connectivity index (χ2v) is 3.77. The highest BCUT2D eigenvalue weighted by Gasteiger charge is 2.12. The Kier molecular flexibility index (Phi) is 2.75. The summed E-state index contributed by atoms with van der Waals surface area (Å²) in [5.74, 6) is 0. The van der Waals surface area contributed by atoms with Gasteiger partial charge in [0.1, 0.15) is 0 Å². The number of para-hydroxylation sites is 1. The molecule has 3 nitrogen and oxygen atoms in total. The highest BCUT2D eigenvalue weighted by Crippen LogP contribution is 2.24. The molecule has 0 aliphatic heterocycles. The number of nitrogens with two attached hydrogens (primary N) is 1. The summed E-state index contributed by atoms with van der Waals surface area (Å²) in [5.41, 5.74) is 8.40. The molecule has 0 spiro atoms. The van der Waals surface area contributed by atoms with Gasteiger partial charge in [0, 0.05) is 31.3 Å². The Morgan fingerprint density at radius 2 is 2.13 bits per heavy atom. The molecule has 0 bridgehead atoms. The Hall–Kier alpha value is -1.32. The van der Waals surface area contributed by atoms with Gasteiger partial charge in [0.05, 0.1) is 12.6 Å². The predicted molar refractivity (Wildman–Crippen MR) is 61.7 cm³/mol. The minimum absolute atomic E-state index is 0.0545. The molecule has 2 aromatic rings. The third-order valence-electron chi connectivity index (χ3n) is 2.67. The maximum Gasteiger partial charge on any atom is 0.0656 e. The van der Waals surface area contributed by atoms with Gasteiger partial charge >= 0.3 is 0 Å². The molecule has 1 heterocycles. The first-order valence-electron chi connectivity index (χ1n) is 5.02. The summed E-state index contributed by atoms with van der Waals surface area (Å²) in [6.07, 6.45) is 2.08. The Labute approximate surface area is 89.4 Å². The maximum atomic E-state index is 6.05. The first kappa shape index (κ1) is 10.2. The van der Waals surface area contributed by atoms with Gasteiger partial charge in [-0.05, 0) is 11.6 Å². The Morgan fingerprint density at radius 1 is 1.40 bits per heavy atom. The molecule has 0 aliphatic rings. The van der Waals surface area contributed by atoms with Gasteiger partial charge in [-0.15, -0.1) is 0 Å². The van der Waals surface area contributed by atoms with Crippen molar-refractivity contribution in [3.63, 3.8) is 0 Å². The van der Waals surface area contributed by atoms with E-state index in [1.807, 2.05) is 19.2 Å². The highest BCUT2D eigenvalue weighted by molar-refractivity contribution is 5.84. The fraction of sp³-hybridized carbons (Fsp3) is 0.333. The van der Waals surface area contributed by atoms with Gasteiger partial charge in [-0.2, -0.15) is 0 Å². The molecule has 1 aromatic heterocycles. The standard InChI is InChI=1S/C12H16N2O/c1-14-7-10(11(13)8-15-2)9-5-3-4-6-12(9)14/h3-7,11H,8,13H2,1-2H3. The van der Waals surface area contributed by atoms with Crippen LogP contribution in [0.5, 0.6) is 0 Å². The van der Waals surface area contributed by atoms with Gasteiger partial charge in [-0.25, -0.2) is 0 Å². The minimum atomic E-state index is -0.0545. The second-order valence-electron chi connectivity index (χ2n) is 3.77. The van der Waals surface area contributed by atoms with Crippen molar-refractivity contribution in [2.24, 2.45) is 12.8 Å². The van der Waals surface area contributed by atoms with Crippen molar-refractivity contribution in [2.45, 2.75) is 6.04 Å². The van der Waals surface area contributed by atoms with E-state index in [-0.39, 0.29) is 6.04 Å². The zero-order chi connectivity index (χ0) is 10.8. The van der Waals surface area contributed by atoms with Crippen LogP contribution in [0.3, 0.4) is 0 Å². The highest BCUT2D eigenvalue weighted by atomic mass is 16.5. The van der Waals surface area contributed by atoms with Crippen LogP contribution in [0.4, 0.5) is 0 Å². The monoisotopic (exact) mass is 204 g/mol. The summed E-state index contributed by atoms with van der Waals surface area (Å²) in [7, 11) is 3.70. The first-order valence-corrected chi connectivity index (χ1v) is 5.02. The summed E-state index contributed by atoms with van der Waals surface area (Å²) in [6.45, 7) is 0.550. The molecule has 2 rings (SSSR count). The maximum absolute atomic E-state index is 6.05. The smallest absolute Gasteiger partial charge is 0.0656 e. The molecular formula is C12H16N2O. The average Bonchev–Trinajstić information content (AvgIpc) is 2.58. The number of hydrogen-bond acceptors (Lipinski definition) is 2. The van der Waals surface area contributed by atoms with Gasteiger partial charge in [0.15, 0.2) is 0 Å². The zero-order valence-corrected chi connectivity index (χ0v) is 9.10. The summed E-state index contributed by atoms with van der Waals surface area (Å²) in [6, 6.07) is 8.21. The van der Waals surface area contributed by atoms with E-state index in [2.05, 4.69) is 22.9 Å². The Bertz CT molecular complexity index is 462. The van der Waals surface area contributed by atoms with E-state index in [9.17, 15) is 0 Å². The summed E-state index contributed by atoms with van der Waals surface area (Å²) in [5, 5.41) is 1.21. The van der Waals surface area contributed by atoms with Crippen LogP contribution < -0.4 is 5.73 Å².